The van der Waals surface area contributed by atoms with Crippen molar-refractivity contribution >= 4 is 52.7 Å². The molecule has 3 amide bonds. The fourth-order valence-electron chi connectivity index (χ4n) is 4.21. The van der Waals surface area contributed by atoms with E-state index in [0.717, 1.165) is 17.4 Å². The number of hydrogen-bond acceptors (Lipinski definition) is 4. The molecule has 0 spiro atoms. The molecule has 0 atom stereocenters. The molecular weight excluding hydrogens is 508 g/mol. The highest BCUT2D eigenvalue weighted by Gasteiger charge is 2.42. The minimum absolute atomic E-state index is 0. The molecule has 0 radical (unpaired) electrons. The van der Waals surface area contributed by atoms with Gasteiger partial charge >= 0.3 is 0 Å². The van der Waals surface area contributed by atoms with Crippen LogP contribution in [0.1, 0.15) is 36.9 Å². The molecule has 2 heterocycles. The number of allylic oxidation sites excluding steroid dienone is 1. The largest absolute Gasteiger partial charge is 0.365 e. The molecule has 3 N–H and O–H groups in total. The maximum absolute atomic E-state index is 15.2. The van der Waals surface area contributed by atoms with Gasteiger partial charge in [-0.05, 0) is 24.1 Å². The van der Waals surface area contributed by atoms with Crippen LogP contribution in [0.4, 0.5) is 14.5 Å². The topological polar surface area (TPSA) is 92.5 Å². The first kappa shape index (κ1) is 27.0. The molecule has 0 unspecified atom stereocenters. The summed E-state index contributed by atoms with van der Waals surface area (Å²) in [5, 5.41) is 2.33. The van der Waals surface area contributed by atoms with Crippen LogP contribution >= 0.6 is 23.7 Å². The number of benzene rings is 2. The van der Waals surface area contributed by atoms with Crippen LogP contribution in [-0.4, -0.2) is 37.2 Å². The highest BCUT2D eigenvalue weighted by Crippen LogP contribution is 2.44. The molecule has 0 fully saturated rings. The zero-order valence-electron chi connectivity index (χ0n) is 19.5. The summed E-state index contributed by atoms with van der Waals surface area (Å²) in [7, 11) is 1.36. The number of likely N-dealkylation sites (N-methyl/N-ethyl adjacent to an activating group) is 1. The summed E-state index contributed by atoms with van der Waals surface area (Å²) in [4.78, 5) is 39.8. The molecule has 4 rings (SSSR count). The molecular formula is C26H24ClF2N3O3S. The second-order valence-corrected chi connectivity index (χ2v) is 9.11. The van der Waals surface area contributed by atoms with E-state index >= 15 is 8.78 Å². The first-order chi connectivity index (χ1) is 16.7. The van der Waals surface area contributed by atoms with Crippen molar-refractivity contribution in [1.29, 1.82) is 0 Å². The van der Waals surface area contributed by atoms with Gasteiger partial charge in [0, 0.05) is 42.8 Å². The minimum Gasteiger partial charge on any atom is -0.365 e. The summed E-state index contributed by atoms with van der Waals surface area (Å²) in [6.45, 7) is 1.43. The summed E-state index contributed by atoms with van der Waals surface area (Å²) >= 11 is 0.955. The maximum atomic E-state index is 15.2. The first-order valence-corrected chi connectivity index (χ1v) is 11.7. The van der Waals surface area contributed by atoms with E-state index in [0.29, 0.717) is 16.7 Å². The second-order valence-electron chi connectivity index (χ2n) is 8.09. The van der Waals surface area contributed by atoms with Crippen molar-refractivity contribution < 1.29 is 23.2 Å². The molecule has 6 nitrogen and oxygen atoms in total. The van der Waals surface area contributed by atoms with E-state index in [1.54, 1.807) is 25.1 Å². The summed E-state index contributed by atoms with van der Waals surface area (Å²) in [6, 6.07) is 15.3. The van der Waals surface area contributed by atoms with Crippen molar-refractivity contribution in [2.24, 2.45) is 5.73 Å². The molecule has 36 heavy (non-hydrogen) atoms. The number of primary amides is 1. The van der Waals surface area contributed by atoms with Crippen LogP contribution in [0.15, 0.2) is 60.7 Å². The molecule has 0 bridgehead atoms. The predicted molar refractivity (Wildman–Crippen MR) is 140 cm³/mol. The number of rotatable bonds is 4. The lowest BCUT2D eigenvalue weighted by Crippen LogP contribution is -2.33. The number of para-hydroxylation sites is 1. The molecule has 3 aromatic rings. The number of anilines is 1. The number of nitrogens with zero attached hydrogens (tertiary/aromatic N) is 1. The van der Waals surface area contributed by atoms with Crippen molar-refractivity contribution in [3.05, 3.63) is 81.6 Å². The Kier molecular flexibility index (Phi) is 7.96. The van der Waals surface area contributed by atoms with Crippen molar-refractivity contribution in [3.63, 3.8) is 0 Å². The molecule has 1 aromatic heterocycles. The summed E-state index contributed by atoms with van der Waals surface area (Å²) in [6.07, 6.45) is 0.201. The lowest BCUT2D eigenvalue weighted by Gasteiger charge is -2.23. The third-order valence-electron chi connectivity index (χ3n) is 5.92. The Morgan fingerprint density at radius 2 is 1.69 bits per heavy atom. The second kappa shape index (κ2) is 10.6. The van der Waals surface area contributed by atoms with Gasteiger partial charge in [0.15, 0.2) is 0 Å². The number of nitrogens with two attached hydrogens (primary N) is 1. The standard InChI is InChI=1S/C26H23F2N3O3S.ClH/c1-15-21(16-8-4-3-5-9-16)23(35-22(15)24(29)33)25(34)31-13-12-26(27,28)18(14-20(32)30-2)17-10-6-7-11-19(17)31;/h3-11,14H,12-13H2,1-2H3,(H2,29,33)(H,30,32);1H. The van der Waals surface area contributed by atoms with Crippen LogP contribution in [0.5, 0.6) is 0 Å². The Hall–Kier alpha value is -3.56. The van der Waals surface area contributed by atoms with Crippen LogP contribution in [-0.2, 0) is 4.79 Å². The summed E-state index contributed by atoms with van der Waals surface area (Å²) in [5.41, 5.74) is 7.29. The molecule has 1 aliphatic heterocycles. The third kappa shape index (κ3) is 4.89. The van der Waals surface area contributed by atoms with Crippen molar-refractivity contribution in [2.75, 3.05) is 18.5 Å². The van der Waals surface area contributed by atoms with Gasteiger partial charge in [0.25, 0.3) is 17.7 Å². The Bertz CT molecular complexity index is 1360. The monoisotopic (exact) mass is 531 g/mol. The highest BCUT2D eigenvalue weighted by molar-refractivity contribution is 7.16. The van der Waals surface area contributed by atoms with Crippen LogP contribution in [0.2, 0.25) is 0 Å². The van der Waals surface area contributed by atoms with Gasteiger partial charge in [0.1, 0.15) is 4.88 Å². The Balaban J connectivity index is 0.00000361. The molecule has 2 aromatic carbocycles. The number of alkyl halides is 2. The van der Waals surface area contributed by atoms with Gasteiger partial charge in [-0.2, -0.15) is 0 Å². The third-order valence-corrected chi connectivity index (χ3v) is 7.22. The lowest BCUT2D eigenvalue weighted by molar-refractivity contribution is -0.116. The average molecular weight is 532 g/mol. The van der Waals surface area contributed by atoms with E-state index in [1.807, 2.05) is 30.3 Å². The predicted octanol–water partition coefficient (Wildman–Crippen LogP) is 5.06. The highest BCUT2D eigenvalue weighted by atomic mass is 35.5. The van der Waals surface area contributed by atoms with Gasteiger partial charge < -0.3 is 16.0 Å². The Morgan fingerprint density at radius 3 is 2.33 bits per heavy atom. The van der Waals surface area contributed by atoms with Crippen LogP contribution in [0.25, 0.3) is 16.7 Å². The fourth-order valence-corrected chi connectivity index (χ4v) is 5.34. The number of halogens is 3. The molecule has 0 aliphatic carbocycles. The van der Waals surface area contributed by atoms with E-state index in [1.165, 1.54) is 18.0 Å². The van der Waals surface area contributed by atoms with Crippen molar-refractivity contribution in [3.8, 4) is 11.1 Å². The van der Waals surface area contributed by atoms with E-state index in [9.17, 15) is 14.4 Å². The van der Waals surface area contributed by atoms with Crippen LogP contribution < -0.4 is 16.0 Å². The van der Waals surface area contributed by atoms with Gasteiger partial charge in [-0.25, -0.2) is 8.78 Å². The number of nitrogens with one attached hydrogen (secondary N) is 1. The molecule has 1 aliphatic rings. The van der Waals surface area contributed by atoms with Crippen molar-refractivity contribution in [1.82, 2.24) is 5.32 Å². The van der Waals surface area contributed by atoms with Gasteiger partial charge in [-0.15, -0.1) is 23.7 Å². The molecule has 188 valence electrons. The normalized spacial score (nSPS) is 15.4. The molecule has 0 saturated heterocycles. The summed E-state index contributed by atoms with van der Waals surface area (Å²) < 4.78 is 30.4. The van der Waals surface area contributed by atoms with Gasteiger partial charge in [-0.1, -0.05) is 48.5 Å². The Morgan fingerprint density at radius 1 is 1.06 bits per heavy atom. The van der Waals surface area contributed by atoms with E-state index < -0.39 is 35.6 Å². The average Bonchev–Trinajstić information content (AvgIpc) is 3.15. The van der Waals surface area contributed by atoms with Crippen LogP contribution in [0.3, 0.4) is 0 Å². The van der Waals surface area contributed by atoms with Gasteiger partial charge in [0.05, 0.1) is 10.6 Å². The van der Waals surface area contributed by atoms with E-state index in [-0.39, 0.29) is 40.0 Å². The number of amides is 3. The van der Waals surface area contributed by atoms with Gasteiger partial charge in [-0.3, -0.25) is 14.4 Å². The quantitative estimate of drug-likeness (QED) is 0.461. The Labute approximate surface area is 217 Å². The smallest absolute Gasteiger partial charge is 0.275 e. The molecule has 10 heteroatoms. The maximum Gasteiger partial charge on any atom is 0.275 e. The first-order valence-electron chi connectivity index (χ1n) is 10.9. The van der Waals surface area contributed by atoms with Crippen LogP contribution in [0, 0.1) is 6.92 Å². The minimum atomic E-state index is -3.34. The SMILES string of the molecule is CNC(=O)C=C1c2ccccc2N(C(=O)c2sc(C(N)=O)c(C)c2-c2ccccc2)CCC1(F)F.Cl. The number of fused-ring (bicyclic) bond motifs is 1. The number of thiophene rings is 1. The van der Waals surface area contributed by atoms with E-state index in [4.69, 9.17) is 5.73 Å². The van der Waals surface area contributed by atoms with Crippen molar-refractivity contribution in [2.45, 2.75) is 19.3 Å². The zero-order valence-corrected chi connectivity index (χ0v) is 21.1. The number of carbonyl (C=O) groups excluding carboxylic acids is 3. The fraction of sp³-hybridized carbons (Fsp3) is 0.192. The van der Waals surface area contributed by atoms with E-state index in [2.05, 4.69) is 5.32 Å². The van der Waals surface area contributed by atoms with Gasteiger partial charge in [0.2, 0.25) is 5.91 Å². The number of carbonyl (C=O) groups is 3. The number of hydrogen-bond donors (Lipinski definition) is 2. The molecule has 0 saturated carbocycles. The zero-order chi connectivity index (χ0) is 25.3. The summed E-state index contributed by atoms with van der Waals surface area (Å²) in [5.74, 6) is -5.19. The lowest BCUT2D eigenvalue weighted by atomic mass is 9.97.